The van der Waals surface area contributed by atoms with E-state index in [0.717, 1.165) is 5.57 Å². The zero-order valence-electron chi connectivity index (χ0n) is 6.96. The smallest absolute Gasteiger partial charge is 0.0895 e. The molecular weight excluding hydrogens is 140 g/mol. The van der Waals surface area contributed by atoms with Crippen LogP contribution in [0.4, 0.5) is 0 Å². The first-order valence-electron chi connectivity index (χ1n) is 3.40. The van der Waals surface area contributed by atoms with E-state index >= 15 is 0 Å². The van der Waals surface area contributed by atoms with Gasteiger partial charge in [-0.05, 0) is 25.5 Å². The molecule has 0 heterocycles. The summed E-state index contributed by atoms with van der Waals surface area (Å²) >= 11 is 0. The van der Waals surface area contributed by atoms with Crippen LogP contribution in [0.3, 0.4) is 0 Å². The number of hydrogen-bond acceptors (Lipinski definition) is 2. The molecular formula is C9H14O2. The molecule has 0 aliphatic heterocycles. The Morgan fingerprint density at radius 1 is 1.36 bits per heavy atom. The lowest BCUT2D eigenvalue weighted by molar-refractivity contribution is 0.333. The third-order valence-corrected chi connectivity index (χ3v) is 1.01. The van der Waals surface area contributed by atoms with Crippen LogP contribution in [0.25, 0.3) is 0 Å². The summed E-state index contributed by atoms with van der Waals surface area (Å²) < 4.78 is 0. The second-order valence-corrected chi connectivity index (χ2v) is 2.51. The fourth-order valence-corrected chi connectivity index (χ4v) is 0.718. The second-order valence-electron chi connectivity index (χ2n) is 2.51. The summed E-state index contributed by atoms with van der Waals surface area (Å²) in [4.78, 5) is 0. The van der Waals surface area contributed by atoms with Crippen LogP contribution in [0.5, 0.6) is 0 Å². The maximum Gasteiger partial charge on any atom is 0.0895 e. The van der Waals surface area contributed by atoms with Crippen LogP contribution in [-0.2, 0) is 0 Å². The van der Waals surface area contributed by atoms with Crippen LogP contribution in [0.1, 0.15) is 13.8 Å². The van der Waals surface area contributed by atoms with E-state index in [0.29, 0.717) is 5.57 Å². The second kappa shape index (κ2) is 4.74. The lowest BCUT2D eigenvalue weighted by Crippen LogP contribution is -1.88. The average Bonchev–Trinajstić information content (AvgIpc) is 1.84. The molecule has 11 heavy (non-hydrogen) atoms. The first kappa shape index (κ1) is 9.98. The van der Waals surface area contributed by atoms with Crippen LogP contribution in [0, 0.1) is 0 Å². The molecule has 0 fully saturated rings. The van der Waals surface area contributed by atoms with Gasteiger partial charge in [0.15, 0.2) is 0 Å². The van der Waals surface area contributed by atoms with Crippen molar-refractivity contribution in [1.82, 2.24) is 0 Å². The maximum absolute atomic E-state index is 8.85. The van der Waals surface area contributed by atoms with E-state index in [4.69, 9.17) is 10.2 Å². The minimum absolute atomic E-state index is 0.0786. The molecule has 0 bridgehead atoms. The molecule has 0 aromatic rings. The normalized spacial score (nSPS) is 13.4. The number of hydrogen-bond donors (Lipinski definition) is 2. The number of aliphatic hydroxyl groups is 2. The van der Waals surface area contributed by atoms with Gasteiger partial charge in [-0.3, -0.25) is 0 Å². The molecule has 0 saturated heterocycles. The Hall–Kier alpha value is -1.02. The van der Waals surface area contributed by atoms with Crippen molar-refractivity contribution in [2.75, 3.05) is 6.61 Å². The van der Waals surface area contributed by atoms with Crippen molar-refractivity contribution in [2.24, 2.45) is 0 Å². The Morgan fingerprint density at radius 2 is 1.91 bits per heavy atom. The summed E-state index contributed by atoms with van der Waals surface area (Å²) in [6.07, 6.45) is 3.23. The van der Waals surface area contributed by atoms with Crippen molar-refractivity contribution in [1.29, 1.82) is 0 Å². The summed E-state index contributed by atoms with van der Waals surface area (Å²) in [6.45, 7) is 6.96. The highest BCUT2D eigenvalue weighted by atomic mass is 16.3. The summed E-state index contributed by atoms with van der Waals surface area (Å²) in [5, 5.41) is 17.6. The molecule has 0 atom stereocenters. The Bertz CT molecular complexity index is 196. The zero-order valence-corrected chi connectivity index (χ0v) is 6.96. The highest BCUT2D eigenvalue weighted by molar-refractivity contribution is 5.28. The van der Waals surface area contributed by atoms with Gasteiger partial charge in [-0.1, -0.05) is 18.2 Å². The number of aliphatic hydroxyl groups excluding tert-OH is 2. The minimum Gasteiger partial charge on any atom is -0.513 e. The van der Waals surface area contributed by atoms with Crippen molar-refractivity contribution in [2.45, 2.75) is 13.8 Å². The van der Waals surface area contributed by atoms with Crippen LogP contribution in [-0.4, -0.2) is 16.8 Å². The van der Waals surface area contributed by atoms with Gasteiger partial charge in [-0.25, -0.2) is 0 Å². The molecule has 62 valence electrons. The van der Waals surface area contributed by atoms with Crippen LogP contribution in [0.15, 0.2) is 35.6 Å². The van der Waals surface area contributed by atoms with Gasteiger partial charge in [-0.15, -0.1) is 0 Å². The van der Waals surface area contributed by atoms with Crippen molar-refractivity contribution in [3.63, 3.8) is 0 Å². The maximum atomic E-state index is 8.85. The predicted molar refractivity (Wildman–Crippen MR) is 46.4 cm³/mol. The molecule has 0 aliphatic carbocycles. The summed E-state index contributed by atoms with van der Waals surface area (Å²) in [5.41, 5.74) is 1.52. The largest absolute Gasteiger partial charge is 0.513 e. The lowest BCUT2D eigenvalue weighted by Gasteiger charge is -1.96. The molecule has 0 saturated carbocycles. The quantitative estimate of drug-likeness (QED) is 0.481. The van der Waals surface area contributed by atoms with Crippen molar-refractivity contribution in [3.05, 3.63) is 35.6 Å². The van der Waals surface area contributed by atoms with E-state index in [1.54, 1.807) is 13.0 Å². The van der Waals surface area contributed by atoms with Gasteiger partial charge >= 0.3 is 0 Å². The summed E-state index contributed by atoms with van der Waals surface area (Å²) in [7, 11) is 0. The van der Waals surface area contributed by atoms with Gasteiger partial charge in [0.05, 0.1) is 12.4 Å². The average molecular weight is 154 g/mol. The van der Waals surface area contributed by atoms with E-state index < -0.39 is 0 Å². The van der Waals surface area contributed by atoms with E-state index in [1.807, 2.05) is 6.92 Å². The molecule has 0 aliphatic rings. The fourth-order valence-electron chi connectivity index (χ4n) is 0.718. The molecule has 0 aromatic heterocycles. The molecule has 2 heteroatoms. The summed E-state index contributed by atoms with van der Waals surface area (Å²) in [5.74, 6) is 0.187. The first-order valence-corrected chi connectivity index (χ1v) is 3.40. The molecule has 2 N–H and O–H groups in total. The van der Waals surface area contributed by atoms with E-state index in [1.165, 1.54) is 6.08 Å². The molecule has 0 amide bonds. The molecule has 0 rings (SSSR count). The molecule has 0 unspecified atom stereocenters. The third kappa shape index (κ3) is 5.43. The number of allylic oxidation sites excluding steroid dienone is 3. The molecule has 0 spiro atoms. The van der Waals surface area contributed by atoms with E-state index in [9.17, 15) is 0 Å². The molecule has 0 radical (unpaired) electrons. The first-order chi connectivity index (χ1) is 5.06. The molecule has 2 nitrogen and oxygen atoms in total. The van der Waals surface area contributed by atoms with Gasteiger partial charge in [0.25, 0.3) is 0 Å². The van der Waals surface area contributed by atoms with Gasteiger partial charge in [0.2, 0.25) is 0 Å². The Kier molecular flexibility index (Phi) is 4.30. The monoisotopic (exact) mass is 154 g/mol. The third-order valence-electron chi connectivity index (χ3n) is 1.01. The topological polar surface area (TPSA) is 40.5 Å². The van der Waals surface area contributed by atoms with Gasteiger partial charge < -0.3 is 10.2 Å². The van der Waals surface area contributed by atoms with Crippen molar-refractivity contribution >= 4 is 0 Å². The molecule has 0 aromatic carbocycles. The Labute approximate surface area is 67.2 Å². The fraction of sp³-hybridized carbons (Fsp3) is 0.333. The minimum atomic E-state index is -0.0786. The van der Waals surface area contributed by atoms with Crippen LogP contribution in [0.2, 0.25) is 0 Å². The number of rotatable bonds is 3. The summed E-state index contributed by atoms with van der Waals surface area (Å²) in [6, 6.07) is 0. The lowest BCUT2D eigenvalue weighted by atomic mass is 10.2. The SMILES string of the molecule is C=C(C)/C=C(\C=C(/C)O)CO. The standard InChI is InChI=1S/C9H14O2/c1-7(2)4-9(6-10)5-8(3)11/h4-5,10-11H,1,6H2,2-3H3/b8-5+,9-4+. The van der Waals surface area contributed by atoms with E-state index in [-0.39, 0.29) is 12.4 Å². The van der Waals surface area contributed by atoms with E-state index in [2.05, 4.69) is 6.58 Å². The highest BCUT2D eigenvalue weighted by Gasteiger charge is 1.90. The van der Waals surface area contributed by atoms with Gasteiger partial charge in [0.1, 0.15) is 0 Å². The zero-order chi connectivity index (χ0) is 8.85. The van der Waals surface area contributed by atoms with Crippen molar-refractivity contribution in [3.8, 4) is 0 Å². The van der Waals surface area contributed by atoms with Gasteiger partial charge in [0, 0.05) is 0 Å². The Balaban J connectivity index is 4.41. The predicted octanol–water partition coefficient (Wildman–Crippen LogP) is 1.94. The Morgan fingerprint density at radius 3 is 2.18 bits per heavy atom. The van der Waals surface area contributed by atoms with Gasteiger partial charge in [-0.2, -0.15) is 0 Å². The van der Waals surface area contributed by atoms with Crippen LogP contribution >= 0.6 is 0 Å². The van der Waals surface area contributed by atoms with Crippen LogP contribution < -0.4 is 0 Å². The van der Waals surface area contributed by atoms with Crippen molar-refractivity contribution < 1.29 is 10.2 Å². The highest BCUT2D eigenvalue weighted by Crippen LogP contribution is 2.03.